The largest absolute Gasteiger partial charge is 0.326 e. The van der Waals surface area contributed by atoms with Crippen LogP contribution >= 0.6 is 10.7 Å². The molecule has 0 aromatic heterocycles. The van der Waals surface area contributed by atoms with Crippen molar-refractivity contribution in [3.05, 3.63) is 28.8 Å². The number of aryl methyl sites for hydroxylation is 1. The standard InChI is InChI=1S/C9H9ClN2O2S/c1-6-2-7(4-11)3-9(8(6)5-12)15(10,13)14/h2-3H,4,11H2,1H3. The highest BCUT2D eigenvalue weighted by atomic mass is 35.7. The van der Waals surface area contributed by atoms with E-state index in [1.807, 2.05) is 6.07 Å². The molecule has 0 aliphatic heterocycles. The quantitative estimate of drug-likeness (QED) is 0.794. The van der Waals surface area contributed by atoms with Crippen LogP contribution in [0.1, 0.15) is 16.7 Å². The summed E-state index contributed by atoms with van der Waals surface area (Å²) in [6.07, 6.45) is 0. The number of hydrogen-bond acceptors (Lipinski definition) is 4. The van der Waals surface area contributed by atoms with Crippen molar-refractivity contribution in [2.45, 2.75) is 18.4 Å². The van der Waals surface area contributed by atoms with Crippen LogP contribution in [0.5, 0.6) is 0 Å². The van der Waals surface area contributed by atoms with Crippen LogP contribution in [0.25, 0.3) is 0 Å². The van der Waals surface area contributed by atoms with Crippen LogP contribution in [0.15, 0.2) is 17.0 Å². The topological polar surface area (TPSA) is 84.0 Å². The lowest BCUT2D eigenvalue weighted by molar-refractivity contribution is 0.609. The minimum atomic E-state index is -3.91. The van der Waals surface area contributed by atoms with Crippen LogP contribution in [0.2, 0.25) is 0 Å². The molecule has 0 saturated heterocycles. The molecular formula is C9H9ClN2O2S. The second kappa shape index (κ2) is 4.19. The average Bonchev–Trinajstić information content (AvgIpc) is 2.15. The van der Waals surface area contributed by atoms with E-state index in [1.165, 1.54) is 6.07 Å². The third-order valence-electron chi connectivity index (χ3n) is 1.97. The summed E-state index contributed by atoms with van der Waals surface area (Å²) in [4.78, 5) is -0.174. The summed E-state index contributed by atoms with van der Waals surface area (Å²) in [6, 6.07) is 4.82. The van der Waals surface area contributed by atoms with E-state index in [2.05, 4.69) is 0 Å². The molecule has 1 rings (SSSR count). The summed E-state index contributed by atoms with van der Waals surface area (Å²) < 4.78 is 22.4. The SMILES string of the molecule is Cc1cc(CN)cc(S(=O)(=O)Cl)c1C#N. The molecule has 80 valence electrons. The zero-order chi connectivity index (χ0) is 11.6. The first kappa shape index (κ1) is 12.0. The van der Waals surface area contributed by atoms with Crippen LogP contribution in [-0.4, -0.2) is 8.42 Å². The van der Waals surface area contributed by atoms with Gasteiger partial charge < -0.3 is 5.73 Å². The number of nitrogens with zero attached hydrogens (tertiary/aromatic N) is 1. The Kier molecular flexibility index (Phi) is 3.35. The summed E-state index contributed by atoms with van der Waals surface area (Å²) >= 11 is 0. The Morgan fingerprint density at radius 2 is 2.13 bits per heavy atom. The molecule has 0 radical (unpaired) electrons. The second-order valence-electron chi connectivity index (χ2n) is 3.04. The maximum Gasteiger partial charge on any atom is 0.262 e. The highest BCUT2D eigenvalue weighted by Crippen LogP contribution is 2.24. The third-order valence-corrected chi connectivity index (χ3v) is 3.32. The minimum Gasteiger partial charge on any atom is -0.326 e. The van der Waals surface area contributed by atoms with E-state index in [9.17, 15) is 8.42 Å². The molecule has 1 aromatic carbocycles. The molecule has 15 heavy (non-hydrogen) atoms. The van der Waals surface area contributed by atoms with E-state index in [0.717, 1.165) is 0 Å². The van der Waals surface area contributed by atoms with E-state index in [1.54, 1.807) is 13.0 Å². The predicted octanol–water partition coefficient (Wildman–Crippen LogP) is 1.25. The van der Waals surface area contributed by atoms with Crippen molar-refractivity contribution >= 4 is 19.7 Å². The molecule has 2 N–H and O–H groups in total. The average molecular weight is 245 g/mol. The van der Waals surface area contributed by atoms with Gasteiger partial charge >= 0.3 is 0 Å². The van der Waals surface area contributed by atoms with Gasteiger partial charge in [-0.05, 0) is 24.1 Å². The molecule has 0 heterocycles. The van der Waals surface area contributed by atoms with Gasteiger partial charge in [-0.15, -0.1) is 0 Å². The molecule has 0 bridgehead atoms. The Morgan fingerprint density at radius 3 is 2.53 bits per heavy atom. The van der Waals surface area contributed by atoms with E-state index < -0.39 is 9.05 Å². The normalized spacial score (nSPS) is 11.1. The van der Waals surface area contributed by atoms with Crippen molar-refractivity contribution in [3.8, 4) is 6.07 Å². The van der Waals surface area contributed by atoms with Crippen molar-refractivity contribution in [2.75, 3.05) is 0 Å². The van der Waals surface area contributed by atoms with E-state index in [0.29, 0.717) is 11.1 Å². The van der Waals surface area contributed by atoms with Gasteiger partial charge in [0.15, 0.2) is 0 Å². The van der Waals surface area contributed by atoms with Gasteiger partial charge in [0.1, 0.15) is 11.0 Å². The van der Waals surface area contributed by atoms with Crippen molar-refractivity contribution < 1.29 is 8.42 Å². The smallest absolute Gasteiger partial charge is 0.262 e. The Bertz CT molecular complexity index is 532. The molecule has 6 heteroatoms. The van der Waals surface area contributed by atoms with Crippen LogP contribution in [0.4, 0.5) is 0 Å². The second-order valence-corrected chi connectivity index (χ2v) is 5.57. The summed E-state index contributed by atoms with van der Waals surface area (Å²) in [5, 5.41) is 8.82. The monoisotopic (exact) mass is 244 g/mol. The van der Waals surface area contributed by atoms with E-state index in [-0.39, 0.29) is 17.0 Å². The Hall–Kier alpha value is -1.09. The maximum absolute atomic E-state index is 11.2. The van der Waals surface area contributed by atoms with Gasteiger partial charge in [0.25, 0.3) is 9.05 Å². The fraction of sp³-hybridized carbons (Fsp3) is 0.222. The highest BCUT2D eigenvalue weighted by Gasteiger charge is 2.18. The molecule has 0 amide bonds. The molecule has 0 fully saturated rings. The molecule has 0 aliphatic rings. The number of nitriles is 1. The van der Waals surface area contributed by atoms with Gasteiger partial charge in [0.2, 0.25) is 0 Å². The summed E-state index contributed by atoms with van der Waals surface area (Å²) in [6.45, 7) is 1.84. The number of benzene rings is 1. The minimum absolute atomic E-state index is 0.0715. The molecule has 0 aliphatic carbocycles. The Labute approximate surface area is 92.7 Å². The third kappa shape index (κ3) is 2.48. The van der Waals surface area contributed by atoms with Gasteiger partial charge in [-0.2, -0.15) is 5.26 Å². The zero-order valence-electron chi connectivity index (χ0n) is 7.99. The highest BCUT2D eigenvalue weighted by molar-refractivity contribution is 8.13. The first-order valence-electron chi connectivity index (χ1n) is 4.08. The van der Waals surface area contributed by atoms with E-state index in [4.69, 9.17) is 21.7 Å². The summed E-state index contributed by atoms with van der Waals surface area (Å²) in [7, 11) is 1.32. The lowest BCUT2D eigenvalue weighted by atomic mass is 10.1. The predicted molar refractivity (Wildman–Crippen MR) is 56.8 cm³/mol. The molecule has 0 spiro atoms. The molecule has 0 atom stereocenters. The fourth-order valence-corrected chi connectivity index (χ4v) is 2.39. The number of halogens is 1. The van der Waals surface area contributed by atoms with Crippen molar-refractivity contribution in [2.24, 2.45) is 5.73 Å². The van der Waals surface area contributed by atoms with Crippen LogP contribution in [0, 0.1) is 18.3 Å². The van der Waals surface area contributed by atoms with Gasteiger partial charge in [-0.3, -0.25) is 0 Å². The van der Waals surface area contributed by atoms with Gasteiger partial charge in [-0.1, -0.05) is 6.07 Å². The lowest BCUT2D eigenvalue weighted by Gasteiger charge is -2.06. The van der Waals surface area contributed by atoms with Crippen molar-refractivity contribution in [1.82, 2.24) is 0 Å². The fourth-order valence-electron chi connectivity index (χ4n) is 1.28. The summed E-state index contributed by atoms with van der Waals surface area (Å²) in [5.41, 5.74) is 6.66. The molecular weight excluding hydrogens is 236 g/mol. The molecule has 0 unspecified atom stereocenters. The van der Waals surface area contributed by atoms with Crippen LogP contribution in [-0.2, 0) is 15.6 Å². The number of rotatable bonds is 2. The lowest BCUT2D eigenvalue weighted by Crippen LogP contribution is -2.03. The zero-order valence-corrected chi connectivity index (χ0v) is 9.56. The van der Waals surface area contributed by atoms with E-state index >= 15 is 0 Å². The van der Waals surface area contributed by atoms with Crippen molar-refractivity contribution in [3.63, 3.8) is 0 Å². The maximum atomic E-state index is 11.2. The van der Waals surface area contributed by atoms with Gasteiger partial charge in [-0.25, -0.2) is 8.42 Å². The number of nitrogens with two attached hydrogens (primary N) is 1. The first-order chi connectivity index (χ1) is 6.90. The first-order valence-corrected chi connectivity index (χ1v) is 6.39. The molecule has 4 nitrogen and oxygen atoms in total. The van der Waals surface area contributed by atoms with Crippen LogP contribution in [0.3, 0.4) is 0 Å². The number of hydrogen-bond donors (Lipinski definition) is 1. The Morgan fingerprint density at radius 1 is 1.53 bits per heavy atom. The molecule has 1 aromatic rings. The summed E-state index contributed by atoms with van der Waals surface area (Å²) in [5.74, 6) is 0. The Balaban J connectivity index is 3.63. The molecule has 0 saturated carbocycles. The van der Waals surface area contributed by atoms with Gasteiger partial charge in [0, 0.05) is 17.2 Å². The van der Waals surface area contributed by atoms with Gasteiger partial charge in [0.05, 0.1) is 5.56 Å². The van der Waals surface area contributed by atoms with Crippen LogP contribution < -0.4 is 5.73 Å². The van der Waals surface area contributed by atoms with Crippen molar-refractivity contribution in [1.29, 1.82) is 5.26 Å².